The molecule has 0 heterocycles. The van der Waals surface area contributed by atoms with Gasteiger partial charge in [0.15, 0.2) is 5.78 Å². The lowest BCUT2D eigenvalue weighted by Gasteiger charge is -2.03. The first-order valence-corrected chi connectivity index (χ1v) is 4.99. The zero-order valence-electron chi connectivity index (χ0n) is 9.25. The number of Topliss-reactive ketones (excluding diaryl/α,β-unsaturated/α-hetero) is 1. The molecule has 0 aliphatic heterocycles. The molecule has 4 heteroatoms. The Balaban J connectivity index is 2.77. The molecule has 0 amide bonds. The molecule has 0 unspecified atom stereocenters. The SMILES string of the molecule is CCOC(=O)CC(=O)c1ccc(C)cc1F. The molecule has 0 N–H and O–H groups in total. The monoisotopic (exact) mass is 224 g/mol. The van der Waals surface area contributed by atoms with E-state index < -0.39 is 24.0 Å². The van der Waals surface area contributed by atoms with Crippen molar-refractivity contribution in [2.75, 3.05) is 6.61 Å². The molecular formula is C12H13FO3. The second-order valence-corrected chi connectivity index (χ2v) is 3.39. The predicted molar refractivity (Wildman–Crippen MR) is 56.7 cm³/mol. The summed E-state index contributed by atoms with van der Waals surface area (Å²) in [7, 11) is 0. The third-order valence-electron chi connectivity index (χ3n) is 2.04. The first-order valence-electron chi connectivity index (χ1n) is 4.99. The van der Waals surface area contributed by atoms with Gasteiger partial charge in [0, 0.05) is 0 Å². The minimum atomic E-state index is -0.632. The van der Waals surface area contributed by atoms with Crippen LogP contribution in [0.3, 0.4) is 0 Å². The number of ketones is 1. The van der Waals surface area contributed by atoms with Crippen LogP contribution in [0.25, 0.3) is 0 Å². The van der Waals surface area contributed by atoms with Crippen LogP contribution in [0.5, 0.6) is 0 Å². The van der Waals surface area contributed by atoms with Gasteiger partial charge in [-0.25, -0.2) is 4.39 Å². The Hall–Kier alpha value is -1.71. The summed E-state index contributed by atoms with van der Waals surface area (Å²) >= 11 is 0. The number of aryl methyl sites for hydroxylation is 1. The van der Waals surface area contributed by atoms with E-state index in [9.17, 15) is 14.0 Å². The van der Waals surface area contributed by atoms with Crippen molar-refractivity contribution in [3.05, 3.63) is 35.1 Å². The Morgan fingerprint density at radius 3 is 2.62 bits per heavy atom. The Morgan fingerprint density at radius 2 is 2.06 bits per heavy atom. The summed E-state index contributed by atoms with van der Waals surface area (Å²) in [4.78, 5) is 22.6. The van der Waals surface area contributed by atoms with Gasteiger partial charge in [0.25, 0.3) is 0 Å². The van der Waals surface area contributed by atoms with Gasteiger partial charge < -0.3 is 4.74 Å². The van der Waals surface area contributed by atoms with E-state index in [2.05, 4.69) is 4.74 Å². The van der Waals surface area contributed by atoms with E-state index in [1.165, 1.54) is 12.1 Å². The van der Waals surface area contributed by atoms with E-state index in [0.29, 0.717) is 0 Å². The highest BCUT2D eigenvalue weighted by atomic mass is 19.1. The topological polar surface area (TPSA) is 43.4 Å². The third-order valence-corrected chi connectivity index (χ3v) is 2.04. The van der Waals surface area contributed by atoms with Crippen molar-refractivity contribution in [2.24, 2.45) is 0 Å². The lowest BCUT2D eigenvalue weighted by atomic mass is 10.1. The van der Waals surface area contributed by atoms with E-state index in [-0.39, 0.29) is 12.2 Å². The molecule has 0 aliphatic rings. The molecule has 0 aliphatic carbocycles. The first-order chi connectivity index (χ1) is 7.54. The van der Waals surface area contributed by atoms with Gasteiger partial charge in [0.2, 0.25) is 0 Å². The summed E-state index contributed by atoms with van der Waals surface area (Å²) in [6.45, 7) is 3.58. The standard InChI is InChI=1S/C12H13FO3/c1-3-16-12(15)7-11(14)9-5-4-8(2)6-10(9)13/h4-6H,3,7H2,1-2H3. The summed E-state index contributed by atoms with van der Waals surface area (Å²) in [5, 5.41) is 0. The van der Waals surface area contributed by atoms with E-state index in [4.69, 9.17) is 0 Å². The number of carbonyl (C=O) groups is 2. The fourth-order valence-corrected chi connectivity index (χ4v) is 1.28. The lowest BCUT2D eigenvalue weighted by molar-refractivity contribution is -0.141. The number of hydrogen-bond acceptors (Lipinski definition) is 3. The molecule has 0 saturated carbocycles. The van der Waals surface area contributed by atoms with Crippen molar-refractivity contribution in [3.8, 4) is 0 Å². The quantitative estimate of drug-likeness (QED) is 0.447. The highest BCUT2D eigenvalue weighted by Crippen LogP contribution is 2.12. The summed E-state index contributed by atoms with van der Waals surface area (Å²) < 4.78 is 18.0. The van der Waals surface area contributed by atoms with Crippen LogP contribution in [0.4, 0.5) is 4.39 Å². The van der Waals surface area contributed by atoms with Crippen molar-refractivity contribution in [1.29, 1.82) is 0 Å². The van der Waals surface area contributed by atoms with Crippen LogP contribution in [0.15, 0.2) is 18.2 Å². The number of carbonyl (C=O) groups excluding carboxylic acids is 2. The van der Waals surface area contributed by atoms with Crippen molar-refractivity contribution in [1.82, 2.24) is 0 Å². The second-order valence-electron chi connectivity index (χ2n) is 3.39. The second kappa shape index (κ2) is 5.39. The molecule has 0 spiro atoms. The van der Waals surface area contributed by atoms with Crippen LogP contribution in [-0.2, 0) is 9.53 Å². The minimum Gasteiger partial charge on any atom is -0.466 e. The predicted octanol–water partition coefficient (Wildman–Crippen LogP) is 2.27. The summed E-state index contributed by atoms with van der Waals surface area (Å²) in [6.07, 6.45) is -0.423. The molecule has 1 rings (SSSR count). The van der Waals surface area contributed by atoms with Gasteiger partial charge >= 0.3 is 5.97 Å². The zero-order chi connectivity index (χ0) is 12.1. The molecule has 0 bridgehead atoms. The van der Waals surface area contributed by atoms with Gasteiger partial charge in [-0.1, -0.05) is 6.07 Å². The largest absolute Gasteiger partial charge is 0.466 e. The lowest BCUT2D eigenvalue weighted by Crippen LogP contribution is -2.12. The number of esters is 1. The van der Waals surface area contributed by atoms with E-state index in [0.717, 1.165) is 5.56 Å². The van der Waals surface area contributed by atoms with Gasteiger partial charge in [-0.3, -0.25) is 9.59 Å². The maximum Gasteiger partial charge on any atom is 0.313 e. The molecule has 16 heavy (non-hydrogen) atoms. The number of rotatable bonds is 4. The van der Waals surface area contributed by atoms with Crippen molar-refractivity contribution < 1.29 is 18.7 Å². The molecule has 0 saturated heterocycles. The van der Waals surface area contributed by atoms with Crippen LogP contribution in [0.2, 0.25) is 0 Å². The fourth-order valence-electron chi connectivity index (χ4n) is 1.28. The highest BCUT2D eigenvalue weighted by Gasteiger charge is 2.16. The highest BCUT2D eigenvalue weighted by molar-refractivity contribution is 6.06. The average molecular weight is 224 g/mol. The Bertz CT molecular complexity index is 413. The number of halogens is 1. The molecule has 0 fully saturated rings. The third kappa shape index (κ3) is 3.15. The van der Waals surface area contributed by atoms with Gasteiger partial charge in [-0.05, 0) is 31.5 Å². The Morgan fingerprint density at radius 1 is 1.38 bits per heavy atom. The van der Waals surface area contributed by atoms with Gasteiger partial charge in [-0.2, -0.15) is 0 Å². The van der Waals surface area contributed by atoms with Gasteiger partial charge in [0.05, 0.1) is 12.2 Å². The molecule has 3 nitrogen and oxygen atoms in total. The average Bonchev–Trinajstić information content (AvgIpc) is 2.17. The van der Waals surface area contributed by atoms with E-state index in [1.54, 1.807) is 19.9 Å². The molecule has 1 aromatic carbocycles. The van der Waals surface area contributed by atoms with Crippen LogP contribution in [0.1, 0.15) is 29.3 Å². The normalized spacial score (nSPS) is 9.94. The molecule has 0 aromatic heterocycles. The fraction of sp³-hybridized carbons (Fsp3) is 0.333. The van der Waals surface area contributed by atoms with Crippen LogP contribution < -0.4 is 0 Å². The molecule has 0 atom stereocenters. The van der Waals surface area contributed by atoms with E-state index >= 15 is 0 Å². The maximum absolute atomic E-state index is 13.4. The molecule has 0 radical (unpaired) electrons. The zero-order valence-corrected chi connectivity index (χ0v) is 9.25. The summed E-state index contributed by atoms with van der Waals surface area (Å²) in [6, 6.07) is 4.27. The molecular weight excluding hydrogens is 211 g/mol. The summed E-state index contributed by atoms with van der Waals surface area (Å²) in [5.41, 5.74) is 0.656. The number of hydrogen-bond donors (Lipinski definition) is 0. The van der Waals surface area contributed by atoms with Crippen LogP contribution in [-0.4, -0.2) is 18.4 Å². The first kappa shape index (κ1) is 12.4. The van der Waals surface area contributed by atoms with Gasteiger partial charge in [0.1, 0.15) is 12.2 Å². The van der Waals surface area contributed by atoms with E-state index in [1.807, 2.05) is 0 Å². The Kier molecular flexibility index (Phi) is 4.17. The van der Waals surface area contributed by atoms with Crippen molar-refractivity contribution in [2.45, 2.75) is 20.3 Å². The minimum absolute atomic E-state index is 0.0707. The Labute approximate surface area is 93.2 Å². The maximum atomic E-state index is 13.4. The smallest absolute Gasteiger partial charge is 0.313 e. The summed E-state index contributed by atoms with van der Waals surface area (Å²) in [5.74, 6) is -1.79. The number of benzene rings is 1. The van der Waals surface area contributed by atoms with Crippen molar-refractivity contribution in [3.63, 3.8) is 0 Å². The van der Waals surface area contributed by atoms with Crippen molar-refractivity contribution >= 4 is 11.8 Å². The molecule has 86 valence electrons. The number of ether oxygens (including phenoxy) is 1. The van der Waals surface area contributed by atoms with Crippen LogP contribution in [0, 0.1) is 12.7 Å². The molecule has 1 aromatic rings. The van der Waals surface area contributed by atoms with Gasteiger partial charge in [-0.15, -0.1) is 0 Å². The van der Waals surface area contributed by atoms with Crippen LogP contribution >= 0.6 is 0 Å².